The summed E-state index contributed by atoms with van der Waals surface area (Å²) in [6.07, 6.45) is 0. The van der Waals surface area contributed by atoms with E-state index in [0.29, 0.717) is 6.04 Å². The van der Waals surface area contributed by atoms with Crippen LogP contribution < -0.4 is 5.73 Å². The first-order valence-corrected chi connectivity index (χ1v) is 7.34. The topological polar surface area (TPSA) is 55.3 Å². The van der Waals surface area contributed by atoms with E-state index in [1.807, 2.05) is 30.0 Å². The van der Waals surface area contributed by atoms with Crippen LogP contribution in [0.5, 0.6) is 0 Å². The molecular weight excluding hydrogens is 246 g/mol. The van der Waals surface area contributed by atoms with E-state index in [0.717, 1.165) is 35.8 Å². The van der Waals surface area contributed by atoms with Gasteiger partial charge in [0.05, 0.1) is 6.54 Å². The highest BCUT2D eigenvalue weighted by Gasteiger charge is 2.20. The molecule has 0 spiro atoms. The van der Waals surface area contributed by atoms with Gasteiger partial charge in [0.25, 0.3) is 0 Å². The maximum absolute atomic E-state index is 5.76. The Bertz CT molecular complexity index is 554. The number of nitrogens with zero attached hydrogens (tertiary/aromatic N) is 2. The molecule has 1 unspecified atom stereocenters. The first-order valence-electron chi connectivity index (χ1n) is 6.19. The van der Waals surface area contributed by atoms with Gasteiger partial charge >= 0.3 is 0 Å². The molecule has 5 heteroatoms. The van der Waals surface area contributed by atoms with E-state index in [-0.39, 0.29) is 0 Å². The van der Waals surface area contributed by atoms with Gasteiger partial charge in [-0.25, -0.2) is 4.98 Å². The standard InChI is InChI=1S/C13H17N3OS/c1-9-8-18-5-4-16(9)7-13-15-11-6-10(14)2-3-12(11)17-13/h2-3,6,9H,4-5,7-8,14H2,1H3. The van der Waals surface area contributed by atoms with Crippen molar-refractivity contribution in [1.82, 2.24) is 9.88 Å². The second-order valence-corrected chi connectivity index (χ2v) is 5.88. The van der Waals surface area contributed by atoms with E-state index in [9.17, 15) is 0 Å². The third kappa shape index (κ3) is 2.33. The number of aromatic nitrogens is 1. The molecule has 2 heterocycles. The van der Waals surface area contributed by atoms with Crippen molar-refractivity contribution in [2.75, 3.05) is 23.8 Å². The van der Waals surface area contributed by atoms with Crippen LogP contribution in [0.25, 0.3) is 11.1 Å². The summed E-state index contributed by atoms with van der Waals surface area (Å²) in [6, 6.07) is 6.18. The Morgan fingerprint density at radius 1 is 1.56 bits per heavy atom. The second-order valence-electron chi connectivity index (χ2n) is 4.73. The molecule has 2 N–H and O–H groups in total. The Morgan fingerprint density at radius 2 is 2.44 bits per heavy atom. The molecule has 1 aromatic heterocycles. The quantitative estimate of drug-likeness (QED) is 0.843. The lowest BCUT2D eigenvalue weighted by Gasteiger charge is -2.31. The van der Waals surface area contributed by atoms with Crippen molar-refractivity contribution in [3.63, 3.8) is 0 Å². The van der Waals surface area contributed by atoms with E-state index in [4.69, 9.17) is 10.2 Å². The van der Waals surface area contributed by atoms with Crippen LogP contribution in [0.4, 0.5) is 5.69 Å². The molecule has 3 rings (SSSR count). The van der Waals surface area contributed by atoms with Crippen molar-refractivity contribution < 1.29 is 4.42 Å². The Morgan fingerprint density at radius 3 is 3.28 bits per heavy atom. The molecule has 1 atom stereocenters. The molecule has 1 aliphatic rings. The molecule has 0 aliphatic carbocycles. The number of thioether (sulfide) groups is 1. The third-order valence-corrected chi connectivity index (χ3v) is 4.49. The number of hydrogen-bond donors (Lipinski definition) is 1. The van der Waals surface area contributed by atoms with E-state index in [1.165, 1.54) is 11.5 Å². The minimum atomic E-state index is 0.587. The summed E-state index contributed by atoms with van der Waals surface area (Å²) < 4.78 is 5.76. The number of rotatable bonds is 2. The van der Waals surface area contributed by atoms with E-state index in [1.54, 1.807) is 0 Å². The Balaban J connectivity index is 1.81. The average molecular weight is 263 g/mol. The molecule has 0 amide bonds. The average Bonchev–Trinajstić information content (AvgIpc) is 2.73. The first-order chi connectivity index (χ1) is 8.72. The fourth-order valence-corrected chi connectivity index (χ4v) is 3.31. The SMILES string of the molecule is CC1CSCCN1Cc1nc2cc(N)ccc2o1. The highest BCUT2D eigenvalue weighted by atomic mass is 32.2. The number of benzene rings is 1. The summed E-state index contributed by atoms with van der Waals surface area (Å²) in [5.41, 5.74) is 8.14. The molecular formula is C13H17N3OS. The van der Waals surface area contributed by atoms with Gasteiger partial charge in [0, 0.05) is 29.8 Å². The molecule has 1 fully saturated rings. The molecule has 1 aliphatic heterocycles. The highest BCUT2D eigenvalue weighted by molar-refractivity contribution is 7.99. The zero-order valence-corrected chi connectivity index (χ0v) is 11.2. The molecule has 0 radical (unpaired) electrons. The van der Waals surface area contributed by atoms with Crippen LogP contribution in [-0.4, -0.2) is 34.0 Å². The molecule has 2 aromatic rings. The van der Waals surface area contributed by atoms with Crippen molar-refractivity contribution in [3.8, 4) is 0 Å². The van der Waals surface area contributed by atoms with Gasteiger partial charge in [-0.05, 0) is 25.1 Å². The summed E-state index contributed by atoms with van der Waals surface area (Å²) in [4.78, 5) is 6.93. The minimum Gasteiger partial charge on any atom is -0.439 e. The maximum Gasteiger partial charge on any atom is 0.209 e. The van der Waals surface area contributed by atoms with Gasteiger partial charge in [0.2, 0.25) is 5.89 Å². The smallest absolute Gasteiger partial charge is 0.209 e. The predicted molar refractivity (Wildman–Crippen MR) is 75.6 cm³/mol. The third-order valence-electron chi connectivity index (χ3n) is 3.30. The van der Waals surface area contributed by atoms with Crippen molar-refractivity contribution in [1.29, 1.82) is 0 Å². The highest BCUT2D eigenvalue weighted by Crippen LogP contribution is 2.22. The monoisotopic (exact) mass is 263 g/mol. The first kappa shape index (κ1) is 11.9. The van der Waals surface area contributed by atoms with Crippen LogP contribution in [0.1, 0.15) is 12.8 Å². The lowest BCUT2D eigenvalue weighted by Crippen LogP contribution is -2.39. The molecule has 96 valence electrons. The van der Waals surface area contributed by atoms with Gasteiger partial charge in [0.15, 0.2) is 5.58 Å². The fourth-order valence-electron chi connectivity index (χ4n) is 2.23. The van der Waals surface area contributed by atoms with Gasteiger partial charge in [-0.2, -0.15) is 11.8 Å². The Labute approximate surface area is 111 Å². The van der Waals surface area contributed by atoms with Gasteiger partial charge in [-0.15, -0.1) is 0 Å². The van der Waals surface area contributed by atoms with Gasteiger partial charge in [-0.1, -0.05) is 0 Å². The van der Waals surface area contributed by atoms with Crippen LogP contribution in [0.15, 0.2) is 22.6 Å². The summed E-state index contributed by atoms with van der Waals surface area (Å²) in [5, 5.41) is 0. The second kappa shape index (κ2) is 4.82. The lowest BCUT2D eigenvalue weighted by atomic mass is 10.3. The summed E-state index contributed by atoms with van der Waals surface area (Å²) in [5.74, 6) is 3.17. The maximum atomic E-state index is 5.76. The number of fused-ring (bicyclic) bond motifs is 1. The molecule has 1 saturated heterocycles. The van der Waals surface area contributed by atoms with Gasteiger partial charge in [-0.3, -0.25) is 4.90 Å². The van der Waals surface area contributed by atoms with Crippen LogP contribution in [-0.2, 0) is 6.54 Å². The largest absolute Gasteiger partial charge is 0.439 e. The molecule has 0 bridgehead atoms. The van der Waals surface area contributed by atoms with E-state index >= 15 is 0 Å². The number of anilines is 1. The number of hydrogen-bond acceptors (Lipinski definition) is 5. The van der Waals surface area contributed by atoms with Crippen molar-refractivity contribution in [2.24, 2.45) is 0 Å². The molecule has 18 heavy (non-hydrogen) atoms. The summed E-state index contributed by atoms with van der Waals surface area (Å²) >= 11 is 2.02. The van der Waals surface area contributed by atoms with Crippen LogP contribution >= 0.6 is 11.8 Å². The predicted octanol–water partition coefficient (Wildman–Crippen LogP) is 2.35. The number of nitrogen functional groups attached to an aromatic ring is 1. The van der Waals surface area contributed by atoms with Gasteiger partial charge < -0.3 is 10.2 Å². The normalized spacial score (nSPS) is 21.5. The Hall–Kier alpha value is -1.20. The minimum absolute atomic E-state index is 0.587. The van der Waals surface area contributed by atoms with Crippen molar-refractivity contribution in [3.05, 3.63) is 24.1 Å². The molecule has 0 saturated carbocycles. The van der Waals surface area contributed by atoms with E-state index < -0.39 is 0 Å². The summed E-state index contributed by atoms with van der Waals surface area (Å²) in [6.45, 7) is 4.15. The lowest BCUT2D eigenvalue weighted by molar-refractivity contribution is 0.204. The molecule has 1 aromatic carbocycles. The Kier molecular flexibility index (Phi) is 3.18. The fraction of sp³-hybridized carbons (Fsp3) is 0.462. The van der Waals surface area contributed by atoms with Crippen molar-refractivity contribution in [2.45, 2.75) is 19.5 Å². The number of nitrogens with two attached hydrogens (primary N) is 1. The number of oxazole rings is 1. The molecule has 4 nitrogen and oxygen atoms in total. The van der Waals surface area contributed by atoms with E-state index in [2.05, 4.69) is 16.8 Å². The zero-order valence-electron chi connectivity index (χ0n) is 10.4. The van der Waals surface area contributed by atoms with Crippen molar-refractivity contribution >= 4 is 28.5 Å². The van der Waals surface area contributed by atoms with Gasteiger partial charge in [0.1, 0.15) is 5.52 Å². The summed E-state index contributed by atoms with van der Waals surface area (Å²) in [7, 11) is 0. The zero-order chi connectivity index (χ0) is 12.5. The van der Waals surface area contributed by atoms with Crippen LogP contribution in [0.3, 0.4) is 0 Å². The van der Waals surface area contributed by atoms with Crippen LogP contribution in [0.2, 0.25) is 0 Å². The van der Waals surface area contributed by atoms with Crippen LogP contribution in [0, 0.1) is 0 Å².